The summed E-state index contributed by atoms with van der Waals surface area (Å²) >= 11 is 5.27. The molecule has 0 aliphatic rings. The average Bonchev–Trinajstić information content (AvgIpc) is 2.07. The van der Waals surface area contributed by atoms with Crippen LogP contribution >= 0.6 is 11.6 Å². The number of hydrogen-bond donors (Lipinski definition) is 0. The van der Waals surface area contributed by atoms with Gasteiger partial charge < -0.3 is 4.74 Å². The van der Waals surface area contributed by atoms with E-state index in [0.29, 0.717) is 5.69 Å². The first-order valence-corrected chi connectivity index (χ1v) is 3.76. The number of nitrogens with zero attached hydrogens (tertiary/aromatic N) is 1. The molecule has 0 radical (unpaired) electrons. The monoisotopic (exact) mass is 185 g/mol. The van der Waals surface area contributed by atoms with E-state index < -0.39 is 11.3 Å². The van der Waals surface area contributed by atoms with Gasteiger partial charge in [0.05, 0.1) is 5.69 Å². The lowest BCUT2D eigenvalue weighted by Gasteiger charge is -2.08. The third kappa shape index (κ3) is 2.03. The zero-order valence-corrected chi connectivity index (χ0v) is 7.28. The average molecular weight is 186 g/mol. The molecule has 0 aliphatic carbocycles. The van der Waals surface area contributed by atoms with Crippen LogP contribution in [0.1, 0.15) is 11.8 Å². The van der Waals surface area contributed by atoms with E-state index in [4.69, 9.17) is 16.3 Å². The second-order valence-corrected chi connectivity index (χ2v) is 2.55. The predicted octanol–water partition coefficient (Wildman–Crippen LogP) is 1.53. The molecule has 0 fully saturated rings. The highest BCUT2D eigenvalue weighted by Gasteiger charge is 2.18. The maximum atomic E-state index is 10.8. The van der Waals surface area contributed by atoms with Gasteiger partial charge in [-0.2, -0.15) is 0 Å². The van der Waals surface area contributed by atoms with Crippen molar-refractivity contribution in [2.24, 2.45) is 0 Å². The van der Waals surface area contributed by atoms with Gasteiger partial charge in [-0.05, 0) is 23.7 Å². The molecular weight excluding hydrogens is 178 g/mol. The quantitative estimate of drug-likeness (QED) is 0.671. The molecule has 64 valence electrons. The fraction of sp³-hybridized carbons (Fsp3) is 0.250. The standard InChI is InChI=1S/C8H8ClNO2/c1-12-7(8(9)11)6-4-2-3-5-10-6/h2-5,7H,1H3. The van der Waals surface area contributed by atoms with Gasteiger partial charge in [0.15, 0.2) is 6.10 Å². The summed E-state index contributed by atoms with van der Waals surface area (Å²) in [6.07, 6.45) is 0.828. The second kappa shape index (κ2) is 4.18. The molecule has 0 saturated heterocycles. The van der Waals surface area contributed by atoms with Gasteiger partial charge in [0.25, 0.3) is 5.24 Å². The van der Waals surface area contributed by atoms with Gasteiger partial charge in [0.2, 0.25) is 0 Å². The van der Waals surface area contributed by atoms with Gasteiger partial charge in [-0.15, -0.1) is 0 Å². The highest BCUT2D eigenvalue weighted by Crippen LogP contribution is 2.15. The maximum absolute atomic E-state index is 10.8. The number of methoxy groups -OCH3 is 1. The number of rotatable bonds is 3. The van der Waals surface area contributed by atoms with Crippen LogP contribution in [0.4, 0.5) is 0 Å². The lowest BCUT2D eigenvalue weighted by molar-refractivity contribution is -0.121. The Kier molecular flexibility index (Phi) is 3.19. The Morgan fingerprint density at radius 3 is 2.83 bits per heavy atom. The summed E-state index contributed by atoms with van der Waals surface area (Å²) < 4.78 is 4.85. The summed E-state index contributed by atoms with van der Waals surface area (Å²) in [4.78, 5) is 14.7. The van der Waals surface area contributed by atoms with E-state index in [-0.39, 0.29) is 0 Å². The zero-order chi connectivity index (χ0) is 8.97. The van der Waals surface area contributed by atoms with Crippen LogP contribution in [0, 0.1) is 0 Å². The molecule has 4 heteroatoms. The molecule has 0 aromatic carbocycles. The van der Waals surface area contributed by atoms with Crippen molar-refractivity contribution in [2.75, 3.05) is 7.11 Å². The minimum absolute atomic E-state index is 0.528. The van der Waals surface area contributed by atoms with Crippen LogP contribution in [-0.4, -0.2) is 17.3 Å². The van der Waals surface area contributed by atoms with Crippen molar-refractivity contribution in [3.8, 4) is 0 Å². The first kappa shape index (κ1) is 9.16. The Balaban J connectivity index is 2.88. The summed E-state index contributed by atoms with van der Waals surface area (Å²) in [5, 5.41) is -0.559. The Bertz CT molecular complexity index is 263. The summed E-state index contributed by atoms with van der Waals surface area (Å²) in [7, 11) is 1.42. The summed E-state index contributed by atoms with van der Waals surface area (Å²) in [6, 6.07) is 5.22. The molecule has 1 aromatic heterocycles. The van der Waals surface area contributed by atoms with Crippen molar-refractivity contribution in [2.45, 2.75) is 6.10 Å². The number of pyridine rings is 1. The highest BCUT2D eigenvalue weighted by molar-refractivity contribution is 6.64. The minimum Gasteiger partial charge on any atom is -0.366 e. The molecule has 1 heterocycles. The number of carbonyl (C=O) groups is 1. The maximum Gasteiger partial charge on any atom is 0.256 e. The van der Waals surface area contributed by atoms with Crippen molar-refractivity contribution in [1.29, 1.82) is 0 Å². The van der Waals surface area contributed by atoms with E-state index in [1.54, 1.807) is 24.4 Å². The molecule has 0 spiro atoms. The van der Waals surface area contributed by atoms with Gasteiger partial charge in [-0.3, -0.25) is 9.78 Å². The molecule has 0 N–H and O–H groups in total. The molecule has 1 atom stereocenters. The summed E-state index contributed by atoms with van der Waals surface area (Å²) in [6.45, 7) is 0. The third-order valence-corrected chi connectivity index (χ3v) is 1.60. The smallest absolute Gasteiger partial charge is 0.256 e. The lowest BCUT2D eigenvalue weighted by atomic mass is 10.2. The SMILES string of the molecule is COC(C(=O)Cl)c1ccccn1. The van der Waals surface area contributed by atoms with Crippen LogP contribution in [0.3, 0.4) is 0 Å². The largest absolute Gasteiger partial charge is 0.366 e. The molecule has 1 aromatic rings. The van der Waals surface area contributed by atoms with E-state index in [0.717, 1.165) is 0 Å². The van der Waals surface area contributed by atoms with Gasteiger partial charge in [-0.25, -0.2) is 0 Å². The minimum atomic E-state index is -0.757. The number of halogens is 1. The Morgan fingerprint density at radius 1 is 1.67 bits per heavy atom. The van der Waals surface area contributed by atoms with E-state index in [9.17, 15) is 4.79 Å². The molecule has 0 bridgehead atoms. The number of carbonyl (C=O) groups excluding carboxylic acids is 1. The van der Waals surface area contributed by atoms with Crippen molar-refractivity contribution < 1.29 is 9.53 Å². The number of hydrogen-bond acceptors (Lipinski definition) is 3. The molecule has 1 unspecified atom stereocenters. The van der Waals surface area contributed by atoms with Crippen molar-refractivity contribution >= 4 is 16.8 Å². The van der Waals surface area contributed by atoms with Crippen molar-refractivity contribution in [1.82, 2.24) is 4.98 Å². The van der Waals surface area contributed by atoms with Gasteiger partial charge in [-0.1, -0.05) is 6.07 Å². The van der Waals surface area contributed by atoms with E-state index >= 15 is 0 Å². The Morgan fingerprint density at radius 2 is 2.42 bits per heavy atom. The van der Waals surface area contributed by atoms with Gasteiger partial charge in [0, 0.05) is 13.3 Å². The first-order chi connectivity index (χ1) is 5.75. The van der Waals surface area contributed by atoms with Crippen LogP contribution in [0.25, 0.3) is 0 Å². The van der Waals surface area contributed by atoms with E-state index in [2.05, 4.69) is 4.98 Å². The van der Waals surface area contributed by atoms with Crippen LogP contribution < -0.4 is 0 Å². The van der Waals surface area contributed by atoms with Crippen LogP contribution in [0.5, 0.6) is 0 Å². The Labute approximate surface area is 75.3 Å². The molecular formula is C8H8ClNO2. The highest BCUT2D eigenvalue weighted by atomic mass is 35.5. The van der Waals surface area contributed by atoms with Crippen LogP contribution in [0.15, 0.2) is 24.4 Å². The van der Waals surface area contributed by atoms with Crippen LogP contribution in [0.2, 0.25) is 0 Å². The summed E-state index contributed by atoms with van der Waals surface area (Å²) in [5.74, 6) is 0. The second-order valence-electron chi connectivity index (χ2n) is 2.17. The third-order valence-electron chi connectivity index (χ3n) is 1.40. The van der Waals surface area contributed by atoms with Gasteiger partial charge >= 0.3 is 0 Å². The summed E-state index contributed by atoms with van der Waals surface area (Å²) in [5.41, 5.74) is 0.528. The zero-order valence-electron chi connectivity index (χ0n) is 6.53. The van der Waals surface area contributed by atoms with Gasteiger partial charge in [0.1, 0.15) is 0 Å². The topological polar surface area (TPSA) is 39.2 Å². The fourth-order valence-electron chi connectivity index (χ4n) is 0.861. The van der Waals surface area contributed by atoms with Crippen LogP contribution in [-0.2, 0) is 9.53 Å². The normalized spacial score (nSPS) is 12.5. The fourth-order valence-corrected chi connectivity index (χ4v) is 1.06. The van der Waals surface area contributed by atoms with E-state index in [1.165, 1.54) is 7.11 Å². The number of aromatic nitrogens is 1. The molecule has 0 aliphatic heterocycles. The molecule has 1 rings (SSSR count). The Hall–Kier alpha value is -0.930. The molecule has 0 saturated carbocycles. The first-order valence-electron chi connectivity index (χ1n) is 3.38. The van der Waals surface area contributed by atoms with E-state index in [1.807, 2.05) is 0 Å². The molecule has 0 amide bonds. The lowest BCUT2D eigenvalue weighted by Crippen LogP contribution is -2.10. The predicted molar refractivity (Wildman–Crippen MR) is 44.8 cm³/mol. The number of ether oxygens (including phenoxy) is 1. The molecule has 12 heavy (non-hydrogen) atoms. The van der Waals surface area contributed by atoms with Crippen molar-refractivity contribution in [3.05, 3.63) is 30.1 Å². The molecule has 3 nitrogen and oxygen atoms in total. The van der Waals surface area contributed by atoms with Crippen molar-refractivity contribution in [3.63, 3.8) is 0 Å².